The third-order valence-electron chi connectivity index (χ3n) is 6.10. The maximum Gasteiger partial charge on any atom is 0.402 e. The van der Waals surface area contributed by atoms with E-state index in [2.05, 4.69) is 27.0 Å². The van der Waals surface area contributed by atoms with Crippen molar-refractivity contribution in [3.63, 3.8) is 0 Å². The predicted molar refractivity (Wildman–Crippen MR) is 143 cm³/mol. The molecule has 2 rings (SSSR count). The van der Waals surface area contributed by atoms with Crippen LogP contribution >= 0.6 is 23.2 Å². The Balaban J connectivity index is 2.20. The van der Waals surface area contributed by atoms with Gasteiger partial charge in [0, 0.05) is 29.2 Å². The van der Waals surface area contributed by atoms with Gasteiger partial charge in [0.25, 0.3) is 0 Å². The minimum atomic E-state index is -4.65. The molecule has 0 bridgehead atoms. The molecule has 5 nitrogen and oxygen atoms in total. The number of benzene rings is 1. The van der Waals surface area contributed by atoms with Crippen LogP contribution in [0.25, 0.3) is 0 Å². The van der Waals surface area contributed by atoms with Crippen molar-refractivity contribution in [3.8, 4) is 0 Å². The van der Waals surface area contributed by atoms with E-state index in [0.717, 1.165) is 30.5 Å². The van der Waals surface area contributed by atoms with Crippen LogP contribution in [0.5, 0.6) is 0 Å². The van der Waals surface area contributed by atoms with Gasteiger partial charge in [-0.15, -0.1) is 0 Å². The van der Waals surface area contributed by atoms with Crippen LogP contribution in [0.4, 0.5) is 13.2 Å². The van der Waals surface area contributed by atoms with Crippen molar-refractivity contribution in [1.82, 2.24) is 5.32 Å². The van der Waals surface area contributed by atoms with Crippen LogP contribution in [0.2, 0.25) is 5.02 Å². The molecule has 0 heterocycles. The Morgan fingerprint density at radius 1 is 1.22 bits per heavy atom. The van der Waals surface area contributed by atoms with Crippen LogP contribution in [0.15, 0.2) is 55.9 Å². The minimum absolute atomic E-state index is 0.0237. The summed E-state index contributed by atoms with van der Waals surface area (Å²) in [6.45, 7) is 9.42. The molecule has 1 aliphatic rings. The molecule has 1 atom stereocenters. The summed E-state index contributed by atoms with van der Waals surface area (Å²) in [4.78, 5) is 25.2. The molecule has 0 saturated heterocycles. The number of alkyl halides is 3. The molecular formula is C26H31Cl2F3N4O. The molecule has 1 aromatic carbocycles. The van der Waals surface area contributed by atoms with Crippen LogP contribution in [-0.4, -0.2) is 44.1 Å². The molecule has 1 amide bonds. The topological polar surface area (TPSA) is 66.2 Å². The van der Waals surface area contributed by atoms with Gasteiger partial charge in [0.15, 0.2) is 5.84 Å². The van der Waals surface area contributed by atoms with Crippen LogP contribution in [0, 0.1) is 11.3 Å². The van der Waals surface area contributed by atoms with E-state index in [9.17, 15) is 18.0 Å². The summed E-state index contributed by atoms with van der Waals surface area (Å²) in [6, 6.07) is 5.57. The number of amides is 1. The lowest BCUT2D eigenvalue weighted by molar-refractivity contribution is -0.211. The molecule has 0 spiro atoms. The van der Waals surface area contributed by atoms with Crippen LogP contribution in [0.3, 0.4) is 0 Å². The Morgan fingerprint density at radius 2 is 1.89 bits per heavy atom. The van der Waals surface area contributed by atoms with Crippen molar-refractivity contribution in [2.24, 2.45) is 26.3 Å². The van der Waals surface area contributed by atoms with E-state index < -0.39 is 23.4 Å². The number of aliphatic imine (C=N–C) groups is 3. The first-order valence-electron chi connectivity index (χ1n) is 11.4. The van der Waals surface area contributed by atoms with E-state index in [-0.39, 0.29) is 12.5 Å². The second-order valence-electron chi connectivity index (χ2n) is 9.34. The van der Waals surface area contributed by atoms with Gasteiger partial charge in [-0.25, -0.2) is 9.98 Å². The Kier molecular flexibility index (Phi) is 10.1. The van der Waals surface area contributed by atoms with Crippen molar-refractivity contribution in [2.45, 2.75) is 52.6 Å². The average Bonchev–Trinajstić information content (AvgIpc) is 2.99. The highest BCUT2D eigenvalue weighted by molar-refractivity contribution is 6.32. The SMILES string of the molecule is C=N/C(=N\C(=N/C)c1ccc(Cl)c(C(C)C)c1)C1CCC(CNC(=O)C(C)(C)C(F)(F)F)=CC=C1Cl. The monoisotopic (exact) mass is 542 g/mol. The van der Waals surface area contributed by atoms with Crippen LogP contribution in [0.1, 0.15) is 57.6 Å². The van der Waals surface area contributed by atoms with Crippen molar-refractivity contribution < 1.29 is 18.0 Å². The highest BCUT2D eigenvalue weighted by Gasteiger charge is 2.52. The first-order valence-corrected chi connectivity index (χ1v) is 12.2. The number of carbonyl (C=O) groups is 1. The highest BCUT2D eigenvalue weighted by atomic mass is 35.5. The van der Waals surface area contributed by atoms with E-state index in [1.165, 1.54) is 0 Å². The summed E-state index contributed by atoms with van der Waals surface area (Å²) in [5.41, 5.74) is -0.0209. The standard InChI is InChI=1S/C26H31Cl2F3N4O/c1-15(2)19-13-17(9-12-21(19)28)22(32-5)35-23(33-6)18-10-7-16(8-11-20(18)27)14-34-24(36)25(3,4)26(29,30)31/h8-9,11-13,15,18H,6-7,10,14H2,1-5H3,(H,34,36)/b32-22-,35-23-. The summed E-state index contributed by atoms with van der Waals surface area (Å²) < 4.78 is 39.4. The van der Waals surface area contributed by atoms with E-state index in [1.54, 1.807) is 25.3 Å². The lowest BCUT2D eigenvalue weighted by Gasteiger charge is -2.26. The first-order chi connectivity index (χ1) is 16.7. The number of halogens is 5. The first kappa shape index (κ1) is 29.8. The second-order valence-corrected chi connectivity index (χ2v) is 10.2. The van der Waals surface area contributed by atoms with Gasteiger partial charge in [-0.3, -0.25) is 9.79 Å². The van der Waals surface area contributed by atoms with E-state index in [4.69, 9.17) is 23.2 Å². The predicted octanol–water partition coefficient (Wildman–Crippen LogP) is 7.10. The van der Waals surface area contributed by atoms with Gasteiger partial charge in [-0.1, -0.05) is 48.7 Å². The molecule has 10 heteroatoms. The quantitative estimate of drug-likeness (QED) is 0.302. The number of allylic oxidation sites excluding steroid dienone is 2. The number of hydrogen-bond donors (Lipinski definition) is 1. The zero-order chi connectivity index (χ0) is 27.3. The molecule has 1 aromatic rings. The number of carbonyl (C=O) groups excluding carboxylic acids is 1. The van der Waals surface area contributed by atoms with Crippen molar-refractivity contribution in [2.75, 3.05) is 13.6 Å². The van der Waals surface area contributed by atoms with E-state index >= 15 is 0 Å². The molecule has 1 unspecified atom stereocenters. The third kappa shape index (κ3) is 7.07. The van der Waals surface area contributed by atoms with Gasteiger partial charge in [0.1, 0.15) is 11.3 Å². The number of nitrogens with zero attached hydrogens (tertiary/aromatic N) is 3. The fourth-order valence-electron chi connectivity index (χ4n) is 3.51. The van der Waals surface area contributed by atoms with Gasteiger partial charge in [0.2, 0.25) is 5.91 Å². The Labute approximate surface area is 220 Å². The molecule has 36 heavy (non-hydrogen) atoms. The highest BCUT2D eigenvalue weighted by Crippen LogP contribution is 2.37. The number of rotatable bonds is 6. The fraction of sp³-hybridized carbons (Fsp3) is 0.462. The average molecular weight is 543 g/mol. The Bertz CT molecular complexity index is 1120. The van der Waals surface area contributed by atoms with Crippen molar-refractivity contribution in [1.29, 1.82) is 0 Å². The molecule has 1 aliphatic carbocycles. The summed E-state index contributed by atoms with van der Waals surface area (Å²) in [5, 5.41) is 3.50. The smallest absolute Gasteiger partial charge is 0.352 e. The number of nitrogens with one attached hydrogen (secondary N) is 1. The molecular weight excluding hydrogens is 512 g/mol. The summed E-state index contributed by atoms with van der Waals surface area (Å²) in [5.74, 6) is -0.458. The summed E-state index contributed by atoms with van der Waals surface area (Å²) >= 11 is 12.9. The van der Waals surface area contributed by atoms with Crippen LogP contribution in [-0.2, 0) is 4.79 Å². The molecule has 0 radical (unpaired) electrons. The molecule has 0 saturated carbocycles. The largest absolute Gasteiger partial charge is 0.402 e. The van der Waals surface area contributed by atoms with Crippen molar-refractivity contribution >= 4 is 47.5 Å². The van der Waals surface area contributed by atoms with E-state index in [0.29, 0.717) is 34.6 Å². The lowest BCUT2D eigenvalue weighted by atomic mass is 9.91. The number of hydrogen-bond acceptors (Lipinski definition) is 2. The maximum absolute atomic E-state index is 13.1. The van der Waals surface area contributed by atoms with Crippen LogP contribution < -0.4 is 5.32 Å². The number of amidine groups is 2. The van der Waals surface area contributed by atoms with Gasteiger partial charge >= 0.3 is 6.18 Å². The third-order valence-corrected chi connectivity index (χ3v) is 6.83. The lowest BCUT2D eigenvalue weighted by Crippen LogP contribution is -2.47. The summed E-state index contributed by atoms with van der Waals surface area (Å²) in [6.07, 6.45) is -0.351. The Morgan fingerprint density at radius 3 is 2.44 bits per heavy atom. The minimum Gasteiger partial charge on any atom is -0.352 e. The maximum atomic E-state index is 13.1. The molecule has 1 N–H and O–H groups in total. The zero-order valence-electron chi connectivity index (χ0n) is 21.0. The second kappa shape index (κ2) is 12.2. The molecule has 196 valence electrons. The normalized spacial score (nSPS) is 17.9. The van der Waals surface area contributed by atoms with Crippen molar-refractivity contribution in [3.05, 3.63) is 57.1 Å². The van der Waals surface area contributed by atoms with Gasteiger partial charge in [0.05, 0.1) is 5.92 Å². The van der Waals surface area contributed by atoms with E-state index in [1.807, 2.05) is 26.0 Å². The fourth-order valence-corrected chi connectivity index (χ4v) is 4.11. The van der Waals surface area contributed by atoms with Gasteiger partial charge in [-0.05, 0) is 69.2 Å². The molecule has 0 aromatic heterocycles. The molecule has 0 fully saturated rings. The zero-order valence-corrected chi connectivity index (χ0v) is 22.5. The summed E-state index contributed by atoms with van der Waals surface area (Å²) in [7, 11) is 1.62. The van der Waals surface area contributed by atoms with Gasteiger partial charge < -0.3 is 5.32 Å². The Hall–Kier alpha value is -2.45. The molecule has 0 aliphatic heterocycles. The van der Waals surface area contributed by atoms with Gasteiger partial charge in [-0.2, -0.15) is 13.2 Å².